The molecule has 1 aliphatic carbocycles. The molecule has 3 rings (SSSR count). The first-order chi connectivity index (χ1) is 11.2. The Morgan fingerprint density at radius 2 is 1.96 bits per heavy atom. The SMILES string of the molecule is O=C(NC1CCCCC1)c1cc(COc2ccc(Cl)cc2)cs1. The van der Waals surface area contributed by atoms with Gasteiger partial charge in [0.1, 0.15) is 12.4 Å². The number of rotatable bonds is 5. The summed E-state index contributed by atoms with van der Waals surface area (Å²) in [4.78, 5) is 13.0. The van der Waals surface area contributed by atoms with Crippen LogP contribution in [0.3, 0.4) is 0 Å². The van der Waals surface area contributed by atoms with Gasteiger partial charge < -0.3 is 10.1 Å². The number of halogens is 1. The van der Waals surface area contributed by atoms with Gasteiger partial charge in [-0.05, 0) is 48.6 Å². The van der Waals surface area contributed by atoms with E-state index in [1.54, 1.807) is 12.1 Å². The van der Waals surface area contributed by atoms with Crippen LogP contribution < -0.4 is 10.1 Å². The average molecular weight is 350 g/mol. The van der Waals surface area contributed by atoms with Gasteiger partial charge in [0, 0.05) is 16.6 Å². The smallest absolute Gasteiger partial charge is 0.261 e. The van der Waals surface area contributed by atoms with Gasteiger partial charge in [-0.15, -0.1) is 11.3 Å². The van der Waals surface area contributed by atoms with Gasteiger partial charge >= 0.3 is 0 Å². The van der Waals surface area contributed by atoms with Crippen molar-refractivity contribution in [2.75, 3.05) is 0 Å². The molecule has 0 atom stereocenters. The van der Waals surface area contributed by atoms with Crippen molar-refractivity contribution in [3.63, 3.8) is 0 Å². The summed E-state index contributed by atoms with van der Waals surface area (Å²) in [6.07, 6.45) is 5.93. The van der Waals surface area contributed by atoms with Crippen molar-refractivity contribution >= 4 is 28.8 Å². The highest BCUT2D eigenvalue weighted by molar-refractivity contribution is 7.12. The van der Waals surface area contributed by atoms with Crippen LogP contribution in [0, 0.1) is 0 Å². The predicted molar refractivity (Wildman–Crippen MR) is 94.4 cm³/mol. The number of ether oxygens (including phenoxy) is 1. The number of thiophene rings is 1. The molecule has 2 aromatic rings. The molecule has 0 radical (unpaired) electrons. The average Bonchev–Trinajstić information content (AvgIpc) is 3.04. The molecular formula is C18H20ClNO2S. The Hall–Kier alpha value is -1.52. The van der Waals surface area contributed by atoms with Crippen LogP contribution in [0.15, 0.2) is 35.7 Å². The highest BCUT2D eigenvalue weighted by Crippen LogP contribution is 2.21. The molecular weight excluding hydrogens is 330 g/mol. The molecule has 0 saturated heterocycles. The van der Waals surface area contributed by atoms with Gasteiger partial charge in [-0.1, -0.05) is 30.9 Å². The second-order valence-corrected chi connectivity index (χ2v) is 7.22. The third-order valence-corrected chi connectivity index (χ3v) is 5.27. The molecule has 3 nitrogen and oxygen atoms in total. The fourth-order valence-corrected chi connectivity index (χ4v) is 3.70. The number of nitrogens with one attached hydrogen (secondary N) is 1. The Balaban J connectivity index is 1.52. The Morgan fingerprint density at radius 3 is 2.70 bits per heavy atom. The lowest BCUT2D eigenvalue weighted by Crippen LogP contribution is -2.35. The maximum Gasteiger partial charge on any atom is 0.261 e. The van der Waals surface area contributed by atoms with Gasteiger partial charge in [-0.25, -0.2) is 0 Å². The summed E-state index contributed by atoms with van der Waals surface area (Å²) in [5.41, 5.74) is 1.01. The van der Waals surface area contributed by atoms with E-state index >= 15 is 0 Å². The maximum absolute atomic E-state index is 12.3. The summed E-state index contributed by atoms with van der Waals surface area (Å²) in [5, 5.41) is 5.81. The van der Waals surface area contributed by atoms with Gasteiger partial charge in [0.05, 0.1) is 4.88 Å². The molecule has 0 aliphatic heterocycles. The normalized spacial score (nSPS) is 15.3. The van der Waals surface area contributed by atoms with Gasteiger partial charge in [-0.3, -0.25) is 4.79 Å². The molecule has 1 N–H and O–H groups in total. The quantitative estimate of drug-likeness (QED) is 0.820. The molecule has 1 heterocycles. The van der Waals surface area contributed by atoms with Crippen LogP contribution in [-0.2, 0) is 6.61 Å². The van der Waals surface area contributed by atoms with Crippen LogP contribution in [0.5, 0.6) is 5.75 Å². The molecule has 122 valence electrons. The first kappa shape index (κ1) is 16.3. The first-order valence-corrected chi connectivity index (χ1v) is 9.23. The van der Waals surface area contributed by atoms with Crippen molar-refractivity contribution in [3.05, 3.63) is 51.2 Å². The van der Waals surface area contributed by atoms with Gasteiger partial charge in [0.15, 0.2) is 0 Å². The Bertz CT molecular complexity index is 647. The minimum Gasteiger partial charge on any atom is -0.489 e. The molecule has 0 spiro atoms. The van der Waals surface area contributed by atoms with Crippen molar-refractivity contribution in [2.45, 2.75) is 44.8 Å². The number of carbonyl (C=O) groups is 1. The number of benzene rings is 1. The number of carbonyl (C=O) groups excluding carboxylic acids is 1. The van der Waals surface area contributed by atoms with Gasteiger partial charge in [-0.2, -0.15) is 0 Å². The van der Waals surface area contributed by atoms with Crippen LogP contribution >= 0.6 is 22.9 Å². The molecule has 5 heteroatoms. The molecule has 1 saturated carbocycles. The van der Waals surface area contributed by atoms with Crippen LogP contribution in [0.4, 0.5) is 0 Å². The fourth-order valence-electron chi connectivity index (χ4n) is 2.77. The lowest BCUT2D eigenvalue weighted by Gasteiger charge is -2.22. The largest absolute Gasteiger partial charge is 0.489 e. The maximum atomic E-state index is 12.3. The monoisotopic (exact) mass is 349 g/mol. The molecule has 1 aromatic carbocycles. The fraction of sp³-hybridized carbons (Fsp3) is 0.389. The zero-order chi connectivity index (χ0) is 16.1. The molecule has 1 fully saturated rings. The standard InChI is InChI=1S/C18H20ClNO2S/c19-14-6-8-16(9-7-14)22-11-13-10-17(23-12-13)18(21)20-15-4-2-1-3-5-15/h6-10,12,15H,1-5,11H2,(H,20,21). The van der Waals surface area contributed by atoms with Crippen LogP contribution in [0.1, 0.15) is 47.3 Å². The zero-order valence-electron chi connectivity index (χ0n) is 12.9. The molecule has 0 bridgehead atoms. The summed E-state index contributed by atoms with van der Waals surface area (Å²) in [5.74, 6) is 0.813. The Labute approximate surface area is 145 Å². The van der Waals surface area contributed by atoms with Crippen molar-refractivity contribution < 1.29 is 9.53 Å². The van der Waals surface area contributed by atoms with Gasteiger partial charge in [0.25, 0.3) is 5.91 Å². The van der Waals surface area contributed by atoms with E-state index in [0.717, 1.165) is 29.0 Å². The molecule has 1 aromatic heterocycles. The first-order valence-electron chi connectivity index (χ1n) is 7.97. The lowest BCUT2D eigenvalue weighted by atomic mass is 9.95. The lowest BCUT2D eigenvalue weighted by molar-refractivity contribution is 0.0932. The van der Waals surface area contributed by atoms with E-state index in [2.05, 4.69) is 5.32 Å². The predicted octanol–water partition coefficient (Wildman–Crippen LogP) is 5.04. The summed E-state index contributed by atoms with van der Waals surface area (Å²) in [6, 6.07) is 9.53. The van der Waals surface area contributed by atoms with Gasteiger partial charge in [0.2, 0.25) is 0 Å². The molecule has 0 unspecified atom stereocenters. The number of hydrogen-bond donors (Lipinski definition) is 1. The summed E-state index contributed by atoms with van der Waals surface area (Å²) < 4.78 is 5.71. The Kier molecular flexibility index (Phi) is 5.57. The van der Waals surface area contributed by atoms with Crippen LogP contribution in [0.2, 0.25) is 5.02 Å². The van der Waals surface area contributed by atoms with E-state index in [1.807, 2.05) is 23.6 Å². The van der Waals surface area contributed by atoms with Crippen LogP contribution in [0.25, 0.3) is 0 Å². The highest BCUT2D eigenvalue weighted by atomic mass is 35.5. The molecule has 23 heavy (non-hydrogen) atoms. The minimum absolute atomic E-state index is 0.0413. The number of hydrogen-bond acceptors (Lipinski definition) is 3. The van der Waals surface area contributed by atoms with E-state index in [0.29, 0.717) is 17.7 Å². The van der Waals surface area contributed by atoms with E-state index < -0.39 is 0 Å². The Morgan fingerprint density at radius 1 is 1.22 bits per heavy atom. The van der Waals surface area contributed by atoms with E-state index in [1.165, 1.54) is 30.6 Å². The van der Waals surface area contributed by atoms with Crippen molar-refractivity contribution in [3.8, 4) is 5.75 Å². The van der Waals surface area contributed by atoms with E-state index in [9.17, 15) is 4.79 Å². The van der Waals surface area contributed by atoms with Crippen molar-refractivity contribution in [2.24, 2.45) is 0 Å². The van der Waals surface area contributed by atoms with Crippen molar-refractivity contribution in [1.82, 2.24) is 5.32 Å². The second-order valence-electron chi connectivity index (χ2n) is 5.87. The topological polar surface area (TPSA) is 38.3 Å². The molecule has 1 amide bonds. The second kappa shape index (κ2) is 7.84. The molecule has 1 aliphatic rings. The number of amides is 1. The highest BCUT2D eigenvalue weighted by Gasteiger charge is 2.17. The summed E-state index contributed by atoms with van der Waals surface area (Å²) in [6.45, 7) is 0.453. The summed E-state index contributed by atoms with van der Waals surface area (Å²) >= 11 is 7.32. The zero-order valence-corrected chi connectivity index (χ0v) is 14.5. The van der Waals surface area contributed by atoms with E-state index in [-0.39, 0.29) is 5.91 Å². The minimum atomic E-state index is 0.0413. The third-order valence-electron chi connectivity index (χ3n) is 4.04. The van der Waals surface area contributed by atoms with Crippen molar-refractivity contribution in [1.29, 1.82) is 0 Å². The third kappa shape index (κ3) is 4.72. The summed E-state index contributed by atoms with van der Waals surface area (Å²) in [7, 11) is 0. The van der Waals surface area contributed by atoms with E-state index in [4.69, 9.17) is 16.3 Å². The van der Waals surface area contributed by atoms with Crippen LogP contribution in [-0.4, -0.2) is 11.9 Å².